The molecule has 116 valence electrons. The summed E-state index contributed by atoms with van der Waals surface area (Å²) in [5, 5.41) is 10.9. The van der Waals surface area contributed by atoms with Crippen molar-refractivity contribution >= 4 is 41.3 Å². The number of nitrogens with one attached hydrogen (secondary N) is 2. The molecule has 0 unspecified atom stereocenters. The van der Waals surface area contributed by atoms with Gasteiger partial charge in [-0.05, 0) is 49.6 Å². The number of hydrogen-bond donors (Lipinski definition) is 2. The predicted octanol–water partition coefficient (Wildman–Crippen LogP) is 2.89. The molecule has 0 aliphatic carbocycles. The molecule has 1 aromatic rings. The summed E-state index contributed by atoms with van der Waals surface area (Å²) in [5.41, 5.74) is 1.14. The molecule has 0 radical (unpaired) electrons. The van der Waals surface area contributed by atoms with Crippen LogP contribution in [0.3, 0.4) is 0 Å². The maximum Gasteiger partial charge on any atom is 0.191 e. The monoisotopic (exact) mass is 411 g/mol. The number of ether oxygens (including phenoxy) is 1. The van der Waals surface area contributed by atoms with E-state index in [2.05, 4.69) is 39.4 Å². The van der Waals surface area contributed by atoms with Gasteiger partial charge in [-0.25, -0.2) is 0 Å². The summed E-state index contributed by atoms with van der Waals surface area (Å²) in [6.07, 6.45) is 1.02. The van der Waals surface area contributed by atoms with Crippen LogP contribution in [0.15, 0.2) is 21.8 Å². The van der Waals surface area contributed by atoms with Crippen molar-refractivity contribution in [3.8, 4) is 0 Å². The van der Waals surface area contributed by atoms with Crippen LogP contribution in [0, 0.1) is 0 Å². The van der Waals surface area contributed by atoms with E-state index in [9.17, 15) is 0 Å². The van der Waals surface area contributed by atoms with Crippen LogP contribution in [0.25, 0.3) is 0 Å². The lowest BCUT2D eigenvalue weighted by Gasteiger charge is -2.21. The molecule has 0 saturated heterocycles. The van der Waals surface area contributed by atoms with Crippen molar-refractivity contribution < 1.29 is 4.74 Å². The SMILES string of the molecule is CCNC(=NCC(C)(C)OC)NCCc1ccsc1.I. The average Bonchev–Trinajstić information content (AvgIpc) is 2.89. The van der Waals surface area contributed by atoms with Crippen LogP contribution in [-0.4, -0.2) is 38.3 Å². The first-order valence-electron chi connectivity index (χ1n) is 6.66. The smallest absolute Gasteiger partial charge is 0.191 e. The van der Waals surface area contributed by atoms with Crippen molar-refractivity contribution in [2.24, 2.45) is 4.99 Å². The fourth-order valence-electron chi connectivity index (χ4n) is 1.44. The van der Waals surface area contributed by atoms with E-state index in [0.29, 0.717) is 6.54 Å². The fourth-order valence-corrected chi connectivity index (χ4v) is 2.14. The molecule has 1 aromatic heterocycles. The molecule has 0 aliphatic heterocycles. The normalized spacial score (nSPS) is 11.9. The molecule has 0 amide bonds. The molecule has 1 heterocycles. The summed E-state index contributed by atoms with van der Waals surface area (Å²) in [4.78, 5) is 4.55. The van der Waals surface area contributed by atoms with Crippen molar-refractivity contribution in [3.05, 3.63) is 22.4 Å². The Morgan fingerprint density at radius 3 is 2.70 bits per heavy atom. The second-order valence-corrected chi connectivity index (χ2v) is 5.75. The molecule has 4 nitrogen and oxygen atoms in total. The average molecular weight is 411 g/mol. The molecule has 20 heavy (non-hydrogen) atoms. The maximum atomic E-state index is 5.37. The molecule has 1 rings (SSSR count). The van der Waals surface area contributed by atoms with Crippen LogP contribution in [-0.2, 0) is 11.2 Å². The van der Waals surface area contributed by atoms with Gasteiger partial charge < -0.3 is 15.4 Å². The van der Waals surface area contributed by atoms with Crippen LogP contribution in [0.1, 0.15) is 26.3 Å². The number of halogens is 1. The summed E-state index contributed by atoms with van der Waals surface area (Å²) in [6, 6.07) is 2.16. The lowest BCUT2D eigenvalue weighted by molar-refractivity contribution is 0.0310. The third-order valence-electron chi connectivity index (χ3n) is 2.80. The Kier molecular flexibility index (Phi) is 10.2. The molecule has 0 fully saturated rings. The summed E-state index contributed by atoms with van der Waals surface area (Å²) in [5.74, 6) is 0.850. The second-order valence-electron chi connectivity index (χ2n) is 4.97. The summed E-state index contributed by atoms with van der Waals surface area (Å²) < 4.78 is 5.37. The van der Waals surface area contributed by atoms with Gasteiger partial charge >= 0.3 is 0 Å². The topological polar surface area (TPSA) is 45.7 Å². The third-order valence-corrected chi connectivity index (χ3v) is 3.53. The first kappa shape index (κ1) is 19.7. The van der Waals surface area contributed by atoms with Crippen molar-refractivity contribution in [1.82, 2.24) is 10.6 Å². The molecule has 0 spiro atoms. The number of guanidine groups is 1. The number of hydrogen-bond acceptors (Lipinski definition) is 3. The van der Waals surface area contributed by atoms with Crippen LogP contribution >= 0.6 is 35.3 Å². The van der Waals surface area contributed by atoms with E-state index < -0.39 is 0 Å². The predicted molar refractivity (Wildman–Crippen MR) is 98.5 cm³/mol. The zero-order valence-corrected chi connectivity index (χ0v) is 15.9. The minimum Gasteiger partial charge on any atom is -0.377 e. The largest absolute Gasteiger partial charge is 0.377 e. The summed E-state index contributed by atoms with van der Waals surface area (Å²) >= 11 is 1.74. The molecule has 0 aliphatic rings. The minimum atomic E-state index is -0.226. The van der Waals surface area contributed by atoms with Crippen molar-refractivity contribution in [1.29, 1.82) is 0 Å². The zero-order chi connectivity index (χ0) is 14.1. The van der Waals surface area contributed by atoms with Crippen LogP contribution < -0.4 is 10.6 Å². The van der Waals surface area contributed by atoms with E-state index in [4.69, 9.17) is 4.74 Å². The van der Waals surface area contributed by atoms with Gasteiger partial charge in [0.05, 0.1) is 12.1 Å². The van der Waals surface area contributed by atoms with E-state index in [1.165, 1.54) is 5.56 Å². The highest BCUT2D eigenvalue weighted by molar-refractivity contribution is 14.0. The van der Waals surface area contributed by atoms with Gasteiger partial charge in [0.2, 0.25) is 0 Å². The Hall–Kier alpha value is -0.340. The molecule has 0 saturated carbocycles. The van der Waals surface area contributed by atoms with E-state index in [0.717, 1.165) is 25.5 Å². The lowest BCUT2D eigenvalue weighted by atomic mass is 10.1. The van der Waals surface area contributed by atoms with Crippen LogP contribution in [0.5, 0.6) is 0 Å². The fraction of sp³-hybridized carbons (Fsp3) is 0.643. The van der Waals surface area contributed by atoms with Gasteiger partial charge in [0.15, 0.2) is 5.96 Å². The summed E-state index contributed by atoms with van der Waals surface area (Å²) in [7, 11) is 1.71. The maximum absolute atomic E-state index is 5.37. The van der Waals surface area contributed by atoms with Gasteiger partial charge in [0.25, 0.3) is 0 Å². The number of methoxy groups -OCH3 is 1. The number of thiophene rings is 1. The Bertz CT molecular complexity index is 380. The standard InChI is InChI=1S/C14H25N3OS.HI/c1-5-15-13(17-11-14(2,3)18-4)16-8-6-12-7-9-19-10-12;/h7,9-10H,5-6,8,11H2,1-4H3,(H2,15,16,17);1H. The molecular weight excluding hydrogens is 385 g/mol. The van der Waals surface area contributed by atoms with Gasteiger partial charge in [-0.15, -0.1) is 24.0 Å². The van der Waals surface area contributed by atoms with E-state index in [-0.39, 0.29) is 29.6 Å². The first-order valence-corrected chi connectivity index (χ1v) is 7.60. The third kappa shape index (κ3) is 8.06. The molecule has 0 aromatic carbocycles. The Balaban J connectivity index is 0.00000361. The molecular formula is C14H26IN3OS. The van der Waals surface area contributed by atoms with Gasteiger partial charge in [0, 0.05) is 20.2 Å². The number of aliphatic imine (C=N–C) groups is 1. The van der Waals surface area contributed by atoms with Gasteiger partial charge in [-0.2, -0.15) is 11.3 Å². The second kappa shape index (κ2) is 10.4. The van der Waals surface area contributed by atoms with E-state index in [1.54, 1.807) is 18.4 Å². The number of rotatable bonds is 7. The van der Waals surface area contributed by atoms with Crippen LogP contribution in [0.2, 0.25) is 0 Å². The molecule has 0 atom stereocenters. The van der Waals surface area contributed by atoms with Crippen molar-refractivity contribution in [3.63, 3.8) is 0 Å². The number of nitrogens with zero attached hydrogens (tertiary/aromatic N) is 1. The first-order chi connectivity index (χ1) is 9.07. The van der Waals surface area contributed by atoms with Gasteiger partial charge in [-0.1, -0.05) is 0 Å². The molecule has 6 heteroatoms. The minimum absolute atomic E-state index is 0. The van der Waals surface area contributed by atoms with Gasteiger partial charge in [0.1, 0.15) is 0 Å². The summed E-state index contributed by atoms with van der Waals surface area (Å²) in [6.45, 7) is 8.51. The van der Waals surface area contributed by atoms with Crippen molar-refractivity contribution in [2.45, 2.75) is 32.8 Å². The van der Waals surface area contributed by atoms with E-state index >= 15 is 0 Å². The Labute approximate surface area is 143 Å². The Morgan fingerprint density at radius 2 is 2.15 bits per heavy atom. The van der Waals surface area contributed by atoms with Crippen LogP contribution in [0.4, 0.5) is 0 Å². The van der Waals surface area contributed by atoms with Crippen molar-refractivity contribution in [2.75, 3.05) is 26.7 Å². The highest BCUT2D eigenvalue weighted by Gasteiger charge is 2.15. The molecule has 0 bridgehead atoms. The highest BCUT2D eigenvalue weighted by atomic mass is 127. The quantitative estimate of drug-likeness (QED) is 0.412. The Morgan fingerprint density at radius 1 is 1.40 bits per heavy atom. The van der Waals surface area contributed by atoms with E-state index in [1.807, 2.05) is 13.8 Å². The molecule has 2 N–H and O–H groups in total. The lowest BCUT2D eigenvalue weighted by Crippen LogP contribution is -2.40. The zero-order valence-electron chi connectivity index (χ0n) is 12.7. The van der Waals surface area contributed by atoms with Gasteiger partial charge in [-0.3, -0.25) is 4.99 Å². The highest BCUT2D eigenvalue weighted by Crippen LogP contribution is 2.07.